The molecule has 0 N–H and O–H groups in total. The summed E-state index contributed by atoms with van der Waals surface area (Å²) >= 11 is 0. The number of ether oxygens (including phenoxy) is 2. The Hall–Kier alpha value is -1.77. The van der Waals surface area contributed by atoms with E-state index in [0.717, 1.165) is 0 Å². The smallest absolute Gasteiger partial charge is 0.335 e. The Morgan fingerprint density at radius 3 is 2.74 bits per heavy atom. The normalized spacial score (nSPS) is 20.2. The molecule has 1 saturated heterocycles. The Bertz CT molecular complexity index is 768. The van der Waals surface area contributed by atoms with E-state index in [1.165, 1.54) is 29.6 Å². The Labute approximate surface area is 133 Å². The van der Waals surface area contributed by atoms with Gasteiger partial charge in [-0.05, 0) is 12.1 Å². The van der Waals surface area contributed by atoms with Crippen LogP contribution in [0, 0.1) is 5.82 Å². The van der Waals surface area contributed by atoms with Crippen molar-refractivity contribution in [3.05, 3.63) is 47.3 Å². The van der Waals surface area contributed by atoms with Gasteiger partial charge < -0.3 is 9.47 Å². The lowest BCUT2D eigenvalue weighted by molar-refractivity contribution is -0.136. The molecular formula is C15H16FNO5S. The largest absolute Gasteiger partial charge is 0.466 e. The molecule has 2 aliphatic rings. The van der Waals surface area contributed by atoms with Gasteiger partial charge in [-0.25, -0.2) is 17.6 Å². The molecule has 0 saturated carbocycles. The van der Waals surface area contributed by atoms with Crippen LogP contribution in [0.4, 0.5) is 4.39 Å². The molecule has 6 nitrogen and oxygen atoms in total. The highest BCUT2D eigenvalue weighted by Gasteiger charge is 2.51. The quantitative estimate of drug-likeness (QED) is 0.759. The van der Waals surface area contributed by atoms with E-state index in [1.807, 2.05) is 0 Å². The number of halogens is 1. The third-order valence-electron chi connectivity index (χ3n) is 3.98. The minimum atomic E-state index is -3.64. The second-order valence-corrected chi connectivity index (χ2v) is 7.60. The van der Waals surface area contributed by atoms with Crippen LogP contribution >= 0.6 is 0 Å². The molecule has 1 fully saturated rings. The zero-order valence-electron chi connectivity index (χ0n) is 12.5. The number of esters is 1. The fraction of sp³-hybridized carbons (Fsp3) is 0.400. The average molecular weight is 341 g/mol. The first-order chi connectivity index (χ1) is 10.9. The first kappa shape index (κ1) is 16.1. The van der Waals surface area contributed by atoms with Gasteiger partial charge in [-0.1, -0.05) is 18.2 Å². The number of benzene rings is 1. The Morgan fingerprint density at radius 1 is 1.39 bits per heavy atom. The van der Waals surface area contributed by atoms with Crippen LogP contribution < -0.4 is 0 Å². The number of carbonyl (C=O) groups is 1. The molecule has 0 radical (unpaired) electrons. The fourth-order valence-corrected chi connectivity index (χ4v) is 4.34. The molecule has 23 heavy (non-hydrogen) atoms. The highest BCUT2D eigenvalue weighted by Crippen LogP contribution is 2.35. The van der Waals surface area contributed by atoms with Crippen molar-refractivity contribution < 1.29 is 27.1 Å². The summed E-state index contributed by atoms with van der Waals surface area (Å²) in [4.78, 5) is 11.5. The minimum absolute atomic E-state index is 0.105. The molecule has 2 heterocycles. The van der Waals surface area contributed by atoms with Gasteiger partial charge in [0.25, 0.3) is 0 Å². The summed E-state index contributed by atoms with van der Waals surface area (Å²) in [5, 5.41) is 0. The predicted octanol–water partition coefficient (Wildman–Crippen LogP) is 0.839. The third kappa shape index (κ3) is 3.01. The minimum Gasteiger partial charge on any atom is -0.466 e. The van der Waals surface area contributed by atoms with Crippen LogP contribution in [0.1, 0.15) is 5.56 Å². The first-order valence-electron chi connectivity index (χ1n) is 7.00. The lowest BCUT2D eigenvalue weighted by Gasteiger charge is -2.44. The summed E-state index contributed by atoms with van der Waals surface area (Å²) in [5.41, 5.74) is -0.253. The molecule has 0 aromatic heterocycles. The van der Waals surface area contributed by atoms with Crippen molar-refractivity contribution in [2.45, 2.75) is 11.4 Å². The second-order valence-electron chi connectivity index (χ2n) is 5.63. The molecule has 1 spiro atoms. The molecule has 0 aliphatic carbocycles. The van der Waals surface area contributed by atoms with Gasteiger partial charge in [0.1, 0.15) is 11.4 Å². The number of hydrogen-bond acceptors (Lipinski definition) is 5. The van der Waals surface area contributed by atoms with Crippen LogP contribution in [0.3, 0.4) is 0 Å². The molecule has 2 aliphatic heterocycles. The van der Waals surface area contributed by atoms with Crippen LogP contribution in [0.2, 0.25) is 0 Å². The zero-order valence-corrected chi connectivity index (χ0v) is 13.3. The van der Waals surface area contributed by atoms with Crippen LogP contribution in [-0.4, -0.2) is 51.1 Å². The maximum atomic E-state index is 13.6. The SMILES string of the molecule is COC(=O)C1=CC2(CN(S(=O)(=O)Cc3ccccc3F)C2)OC1. The summed E-state index contributed by atoms with van der Waals surface area (Å²) in [7, 11) is -2.36. The molecule has 0 atom stereocenters. The first-order valence-corrected chi connectivity index (χ1v) is 8.61. The van der Waals surface area contributed by atoms with Crippen LogP contribution in [0.15, 0.2) is 35.9 Å². The number of sulfonamides is 1. The molecule has 124 valence electrons. The summed E-state index contributed by atoms with van der Waals surface area (Å²) in [6, 6.07) is 5.78. The Balaban J connectivity index is 1.68. The van der Waals surface area contributed by atoms with Crippen molar-refractivity contribution >= 4 is 16.0 Å². The molecule has 1 aromatic carbocycles. The number of rotatable bonds is 4. The van der Waals surface area contributed by atoms with Crippen molar-refractivity contribution in [3.8, 4) is 0 Å². The highest BCUT2D eigenvalue weighted by molar-refractivity contribution is 7.88. The van der Waals surface area contributed by atoms with Crippen LogP contribution in [0.25, 0.3) is 0 Å². The molecule has 1 aromatic rings. The van der Waals surface area contributed by atoms with E-state index in [-0.39, 0.29) is 25.3 Å². The maximum Gasteiger partial charge on any atom is 0.335 e. The highest BCUT2D eigenvalue weighted by atomic mass is 32.2. The number of nitrogens with zero attached hydrogens (tertiary/aromatic N) is 1. The van der Waals surface area contributed by atoms with E-state index in [1.54, 1.807) is 12.1 Å². The van der Waals surface area contributed by atoms with Gasteiger partial charge in [-0.2, -0.15) is 4.31 Å². The second kappa shape index (κ2) is 5.70. The fourth-order valence-electron chi connectivity index (χ4n) is 2.70. The monoisotopic (exact) mass is 341 g/mol. The molecular weight excluding hydrogens is 325 g/mol. The van der Waals surface area contributed by atoms with Crippen LogP contribution in [0.5, 0.6) is 0 Å². The molecule has 3 rings (SSSR count). The third-order valence-corrected chi connectivity index (χ3v) is 5.70. The summed E-state index contributed by atoms with van der Waals surface area (Å²) in [5.74, 6) is -1.42. The van der Waals surface area contributed by atoms with E-state index in [4.69, 9.17) is 4.74 Å². The summed E-state index contributed by atoms with van der Waals surface area (Å²) < 4.78 is 49.7. The van der Waals surface area contributed by atoms with Crippen LogP contribution in [-0.2, 0) is 30.0 Å². The van der Waals surface area contributed by atoms with Gasteiger partial charge in [0.15, 0.2) is 0 Å². The van der Waals surface area contributed by atoms with Crippen molar-refractivity contribution in [1.29, 1.82) is 0 Å². The standard InChI is InChI=1S/C15H16FNO5S/c1-21-14(18)12-6-15(22-7-12)9-17(10-15)23(19,20)8-11-4-2-3-5-13(11)16/h2-6H,7-10H2,1H3. The van der Waals surface area contributed by atoms with Crippen molar-refractivity contribution in [2.24, 2.45) is 0 Å². The number of carbonyl (C=O) groups excluding carboxylic acids is 1. The number of hydrogen-bond donors (Lipinski definition) is 0. The van der Waals surface area contributed by atoms with Crippen molar-refractivity contribution in [3.63, 3.8) is 0 Å². The lowest BCUT2D eigenvalue weighted by atomic mass is 9.96. The summed E-state index contributed by atoms with van der Waals surface area (Å²) in [6.45, 7) is 0.336. The van der Waals surface area contributed by atoms with E-state index in [2.05, 4.69) is 4.74 Å². The Kier molecular flexibility index (Phi) is 3.99. The van der Waals surface area contributed by atoms with Gasteiger partial charge in [0, 0.05) is 18.7 Å². The average Bonchev–Trinajstić information content (AvgIpc) is 2.93. The molecule has 0 amide bonds. The maximum absolute atomic E-state index is 13.6. The van der Waals surface area contributed by atoms with Crippen molar-refractivity contribution in [2.75, 3.05) is 26.8 Å². The topological polar surface area (TPSA) is 72.9 Å². The molecule has 0 unspecified atom stereocenters. The molecule has 8 heteroatoms. The Morgan fingerprint density at radius 2 is 2.09 bits per heavy atom. The van der Waals surface area contributed by atoms with Gasteiger partial charge in [0.2, 0.25) is 10.0 Å². The lowest BCUT2D eigenvalue weighted by Crippen LogP contribution is -2.62. The number of methoxy groups -OCH3 is 1. The summed E-state index contributed by atoms with van der Waals surface area (Å²) in [6.07, 6.45) is 1.62. The van der Waals surface area contributed by atoms with E-state index < -0.39 is 33.2 Å². The zero-order chi connectivity index (χ0) is 16.7. The van der Waals surface area contributed by atoms with Gasteiger partial charge in [-0.15, -0.1) is 0 Å². The van der Waals surface area contributed by atoms with Gasteiger partial charge in [0.05, 0.1) is 25.0 Å². The van der Waals surface area contributed by atoms with Crippen molar-refractivity contribution in [1.82, 2.24) is 4.31 Å². The van der Waals surface area contributed by atoms with E-state index in [0.29, 0.717) is 5.57 Å². The van der Waals surface area contributed by atoms with Gasteiger partial charge >= 0.3 is 5.97 Å². The van der Waals surface area contributed by atoms with E-state index >= 15 is 0 Å². The molecule has 0 bridgehead atoms. The predicted molar refractivity (Wildman–Crippen MR) is 79.4 cm³/mol. The van der Waals surface area contributed by atoms with Gasteiger partial charge in [-0.3, -0.25) is 0 Å². The van der Waals surface area contributed by atoms with E-state index in [9.17, 15) is 17.6 Å².